The smallest absolute Gasteiger partial charge is 0.148 e. The molecule has 10 bridgehead atoms. The van der Waals surface area contributed by atoms with E-state index in [0.29, 0.717) is 78.5 Å². The van der Waals surface area contributed by atoms with Gasteiger partial charge in [-0.2, -0.15) is 0 Å². The summed E-state index contributed by atoms with van der Waals surface area (Å²) in [7, 11) is 0. The minimum absolute atomic E-state index is 0.157. The maximum atomic E-state index is 6.57. The molecule has 7 nitrogen and oxygen atoms in total. The highest BCUT2D eigenvalue weighted by Gasteiger charge is 2.21. The average Bonchev–Trinajstić information content (AvgIpc) is 3.10. The predicted molar refractivity (Wildman–Crippen MR) is 189 cm³/mol. The molecule has 0 aromatic heterocycles. The van der Waals surface area contributed by atoms with Gasteiger partial charge >= 0.3 is 0 Å². The number of rotatable bonds is 4. The van der Waals surface area contributed by atoms with E-state index in [1.54, 1.807) is 0 Å². The molecule has 49 heavy (non-hydrogen) atoms. The highest BCUT2D eigenvalue weighted by Crippen LogP contribution is 2.38. The van der Waals surface area contributed by atoms with Crippen molar-refractivity contribution in [3.05, 3.63) is 117 Å². The van der Waals surface area contributed by atoms with Crippen LogP contribution in [0.2, 0.25) is 0 Å². The average molecular weight is 659 g/mol. The highest BCUT2D eigenvalue weighted by molar-refractivity contribution is 5.56. The van der Waals surface area contributed by atoms with Crippen LogP contribution in [0.15, 0.2) is 72.8 Å². The summed E-state index contributed by atoms with van der Waals surface area (Å²) in [6, 6.07) is 25.1. The van der Waals surface area contributed by atoms with Gasteiger partial charge in [0.25, 0.3) is 0 Å². The monoisotopic (exact) mass is 658 g/mol. The van der Waals surface area contributed by atoms with Crippen LogP contribution in [0.5, 0.6) is 23.0 Å². The number of hydrogen-bond acceptors (Lipinski definition) is 7. The van der Waals surface area contributed by atoms with Crippen LogP contribution in [-0.4, -0.2) is 66.1 Å². The lowest BCUT2D eigenvalue weighted by Crippen LogP contribution is -2.16. The summed E-state index contributed by atoms with van der Waals surface area (Å²) in [5.74, 6) is 8.50. The lowest BCUT2D eigenvalue weighted by atomic mass is 9.91. The van der Waals surface area contributed by atoms with Gasteiger partial charge in [0.15, 0.2) is 0 Å². The zero-order valence-corrected chi connectivity index (χ0v) is 27.8. The number of ether oxygens (including phenoxy) is 7. The molecule has 252 valence electrons. The van der Waals surface area contributed by atoms with Crippen molar-refractivity contribution >= 4 is 0 Å². The van der Waals surface area contributed by atoms with Gasteiger partial charge in [0.2, 0.25) is 0 Å². The van der Waals surface area contributed by atoms with Crippen molar-refractivity contribution in [2.45, 2.75) is 25.7 Å². The van der Waals surface area contributed by atoms with Crippen molar-refractivity contribution < 1.29 is 33.2 Å². The molecule has 0 N–H and O–H groups in total. The standard InChI is InChI=1S/C42H42O7/c1-3-17-46-39-31-9-5-10-32(39)28-36-14-8-16-38-30-34-12-6-11-33(40(34)47-18-4-2)29-37-15-7-13-35(27-31)41(37)48-25-23-44-21-19-43-20-22-45-24-26-49-42(36)38/h1-2,5-16H,17-30H2. The van der Waals surface area contributed by atoms with Gasteiger partial charge in [-0.05, 0) is 44.5 Å². The fraction of sp³-hybridized carbons (Fsp3) is 0.333. The summed E-state index contributed by atoms with van der Waals surface area (Å²) in [5.41, 5.74) is 8.21. The summed E-state index contributed by atoms with van der Waals surface area (Å²) in [6.07, 6.45) is 13.7. The zero-order valence-electron chi connectivity index (χ0n) is 27.8. The Balaban J connectivity index is 1.54. The SMILES string of the molecule is C#CCOc1c2cccc1Cc1cccc3c1OCCOCCOCCOCCOc1c(cccc1Cc1cccc(c1OCC#C)C3)C2. The van der Waals surface area contributed by atoms with Crippen molar-refractivity contribution in [1.29, 1.82) is 0 Å². The summed E-state index contributed by atoms with van der Waals surface area (Å²) in [6.45, 7) is 3.80. The van der Waals surface area contributed by atoms with E-state index in [-0.39, 0.29) is 13.2 Å². The second-order valence-corrected chi connectivity index (χ2v) is 11.8. The Hall–Kier alpha value is -4.92. The van der Waals surface area contributed by atoms with Crippen molar-refractivity contribution in [2.24, 2.45) is 0 Å². The van der Waals surface area contributed by atoms with Gasteiger partial charge in [0, 0.05) is 25.7 Å². The maximum absolute atomic E-state index is 6.57. The third-order valence-electron chi connectivity index (χ3n) is 8.53. The predicted octanol–water partition coefficient (Wildman–Crippen LogP) is 6.21. The molecule has 4 aromatic rings. The number of para-hydroxylation sites is 4. The lowest BCUT2D eigenvalue weighted by molar-refractivity contribution is 0.00484. The van der Waals surface area contributed by atoms with Crippen LogP contribution in [0.25, 0.3) is 0 Å². The van der Waals surface area contributed by atoms with Gasteiger partial charge in [-0.15, -0.1) is 12.8 Å². The molecule has 1 aliphatic carbocycles. The van der Waals surface area contributed by atoms with Crippen LogP contribution < -0.4 is 18.9 Å². The Morgan fingerprint density at radius 2 is 0.714 bits per heavy atom. The Kier molecular flexibility index (Phi) is 12.1. The first-order valence-electron chi connectivity index (χ1n) is 16.8. The molecule has 0 saturated heterocycles. The molecule has 0 unspecified atom stereocenters. The van der Waals surface area contributed by atoms with Crippen LogP contribution in [0.3, 0.4) is 0 Å². The molecule has 7 heteroatoms. The molecular formula is C42H42O7. The Morgan fingerprint density at radius 1 is 0.429 bits per heavy atom. The molecule has 2 aliphatic rings. The van der Waals surface area contributed by atoms with Gasteiger partial charge < -0.3 is 33.2 Å². The van der Waals surface area contributed by atoms with E-state index in [4.69, 9.17) is 46.0 Å². The summed E-state index contributed by atoms with van der Waals surface area (Å²) >= 11 is 0. The van der Waals surface area contributed by atoms with Crippen LogP contribution in [0, 0.1) is 24.7 Å². The van der Waals surface area contributed by atoms with Gasteiger partial charge in [0.05, 0.1) is 39.6 Å². The molecule has 0 saturated carbocycles. The third kappa shape index (κ3) is 8.76. The molecule has 4 aromatic carbocycles. The minimum atomic E-state index is 0.157. The molecule has 1 heterocycles. The molecular weight excluding hydrogens is 616 g/mol. The molecule has 0 fully saturated rings. The first-order valence-corrected chi connectivity index (χ1v) is 16.8. The van der Waals surface area contributed by atoms with E-state index >= 15 is 0 Å². The number of fused-ring (bicyclic) bond motifs is 2. The fourth-order valence-corrected chi connectivity index (χ4v) is 6.40. The van der Waals surface area contributed by atoms with Crippen LogP contribution in [0.1, 0.15) is 44.5 Å². The zero-order chi connectivity index (χ0) is 33.7. The molecule has 6 rings (SSSR count). The Morgan fingerprint density at radius 3 is 1.02 bits per heavy atom. The van der Waals surface area contributed by atoms with Crippen LogP contribution in [-0.2, 0) is 39.9 Å². The van der Waals surface area contributed by atoms with Crippen LogP contribution >= 0.6 is 0 Å². The van der Waals surface area contributed by atoms with Crippen LogP contribution in [0.4, 0.5) is 0 Å². The minimum Gasteiger partial charge on any atom is -0.491 e. The normalized spacial score (nSPS) is 15.4. The summed E-state index contributed by atoms with van der Waals surface area (Å²) < 4.78 is 43.2. The summed E-state index contributed by atoms with van der Waals surface area (Å²) in [5, 5.41) is 0. The van der Waals surface area contributed by atoms with Crippen molar-refractivity contribution in [2.75, 3.05) is 66.1 Å². The van der Waals surface area contributed by atoms with Gasteiger partial charge in [0.1, 0.15) is 49.4 Å². The van der Waals surface area contributed by atoms with E-state index in [1.165, 1.54) is 0 Å². The van der Waals surface area contributed by atoms with E-state index in [0.717, 1.165) is 67.5 Å². The van der Waals surface area contributed by atoms with Gasteiger partial charge in [-0.25, -0.2) is 0 Å². The summed E-state index contributed by atoms with van der Waals surface area (Å²) in [4.78, 5) is 0. The Labute approximate surface area is 289 Å². The highest BCUT2D eigenvalue weighted by atomic mass is 16.6. The van der Waals surface area contributed by atoms with Gasteiger partial charge in [-0.1, -0.05) is 84.6 Å². The number of terminal acetylenes is 2. The molecule has 0 spiro atoms. The first kappa shape index (κ1) is 34.0. The molecule has 0 radical (unpaired) electrons. The van der Waals surface area contributed by atoms with E-state index in [1.807, 2.05) is 0 Å². The van der Waals surface area contributed by atoms with E-state index in [9.17, 15) is 0 Å². The Bertz CT molecular complexity index is 1580. The van der Waals surface area contributed by atoms with Crippen molar-refractivity contribution in [3.63, 3.8) is 0 Å². The molecule has 0 amide bonds. The molecule has 0 atom stereocenters. The fourth-order valence-electron chi connectivity index (χ4n) is 6.40. The maximum Gasteiger partial charge on any atom is 0.148 e. The molecule has 1 aliphatic heterocycles. The van der Waals surface area contributed by atoms with E-state index in [2.05, 4.69) is 84.6 Å². The second kappa shape index (κ2) is 17.5. The van der Waals surface area contributed by atoms with Crippen molar-refractivity contribution in [1.82, 2.24) is 0 Å². The third-order valence-corrected chi connectivity index (χ3v) is 8.53. The van der Waals surface area contributed by atoms with Crippen molar-refractivity contribution in [3.8, 4) is 47.7 Å². The first-order chi connectivity index (χ1) is 24.2. The lowest BCUT2D eigenvalue weighted by Gasteiger charge is -2.22. The number of benzene rings is 4. The topological polar surface area (TPSA) is 64.6 Å². The second-order valence-electron chi connectivity index (χ2n) is 11.8. The van der Waals surface area contributed by atoms with Gasteiger partial charge in [-0.3, -0.25) is 0 Å². The quantitative estimate of drug-likeness (QED) is 0.213. The van der Waals surface area contributed by atoms with E-state index < -0.39 is 0 Å². The number of hydrogen-bond donors (Lipinski definition) is 0. The largest absolute Gasteiger partial charge is 0.491 e.